The van der Waals surface area contributed by atoms with Crippen LogP contribution in [0.4, 0.5) is 0 Å². The molecule has 1 amide bonds. The number of fused-ring (bicyclic) bond motifs is 1. The predicted octanol–water partition coefficient (Wildman–Crippen LogP) is 3.46. The molecular formula is C23H29NO7. The first kappa shape index (κ1) is 22.8. The average Bonchev–Trinajstić information content (AvgIpc) is 3.14. The first-order valence-corrected chi connectivity index (χ1v) is 10.7. The third kappa shape index (κ3) is 5.44. The van der Waals surface area contributed by atoms with Crippen LogP contribution >= 0.6 is 0 Å². The maximum absolute atomic E-state index is 12.8. The van der Waals surface area contributed by atoms with Crippen molar-refractivity contribution >= 4 is 28.8 Å². The van der Waals surface area contributed by atoms with Crippen molar-refractivity contribution in [2.24, 2.45) is 0 Å². The number of hydrogen-bond donors (Lipinski definition) is 0. The maximum atomic E-state index is 12.8. The number of likely N-dealkylation sites (tertiary alicyclic amines) is 1. The Hall–Kier alpha value is -2.87. The van der Waals surface area contributed by atoms with Gasteiger partial charge in [-0.1, -0.05) is 18.2 Å². The summed E-state index contributed by atoms with van der Waals surface area (Å²) in [7, 11) is 0. The molecule has 0 radical (unpaired) electrons. The Balaban J connectivity index is 1.71. The molecule has 1 aliphatic heterocycles. The fraction of sp³-hybridized carbons (Fsp3) is 0.522. The smallest absolute Gasteiger partial charge is 0.375 e. The van der Waals surface area contributed by atoms with Crippen LogP contribution in [0.5, 0.6) is 0 Å². The maximum Gasteiger partial charge on any atom is 0.375 e. The SMILES string of the molecule is CCOC(=O)C1CCCCN1C(=O)COC(=O)c1oc2ccccc2c1COC(C)C. The highest BCUT2D eigenvalue weighted by atomic mass is 16.6. The van der Waals surface area contributed by atoms with Crippen LogP contribution in [0.15, 0.2) is 28.7 Å². The van der Waals surface area contributed by atoms with E-state index in [1.807, 2.05) is 32.0 Å². The summed E-state index contributed by atoms with van der Waals surface area (Å²) in [5.74, 6) is -1.57. The standard InChI is InChI=1S/C23H29NO7/c1-4-28-22(26)18-10-7-8-12-24(18)20(25)14-30-23(27)21-17(13-29-15(2)3)16-9-5-6-11-19(16)31-21/h5-6,9,11,15,18H,4,7-8,10,12-14H2,1-3H3. The molecule has 0 N–H and O–H groups in total. The zero-order valence-electron chi connectivity index (χ0n) is 18.2. The molecule has 0 saturated carbocycles. The number of esters is 2. The monoisotopic (exact) mass is 431 g/mol. The Labute approximate surface area is 181 Å². The van der Waals surface area contributed by atoms with Crippen molar-refractivity contribution in [3.05, 3.63) is 35.6 Å². The quantitative estimate of drug-likeness (QED) is 0.591. The van der Waals surface area contributed by atoms with Gasteiger partial charge in [-0.15, -0.1) is 0 Å². The Morgan fingerprint density at radius 1 is 1.16 bits per heavy atom. The van der Waals surface area contributed by atoms with Crippen molar-refractivity contribution in [3.8, 4) is 0 Å². The van der Waals surface area contributed by atoms with E-state index in [0.29, 0.717) is 24.1 Å². The number of hydrogen-bond acceptors (Lipinski definition) is 7. The van der Waals surface area contributed by atoms with Crippen molar-refractivity contribution in [3.63, 3.8) is 0 Å². The van der Waals surface area contributed by atoms with Gasteiger partial charge in [0.25, 0.3) is 5.91 Å². The molecule has 31 heavy (non-hydrogen) atoms. The van der Waals surface area contributed by atoms with Gasteiger partial charge in [-0.3, -0.25) is 4.79 Å². The lowest BCUT2D eigenvalue weighted by Gasteiger charge is -2.33. The number of para-hydroxylation sites is 1. The van der Waals surface area contributed by atoms with Crippen LogP contribution in [0, 0.1) is 0 Å². The van der Waals surface area contributed by atoms with Crippen LogP contribution < -0.4 is 0 Å². The number of nitrogens with zero attached hydrogens (tertiary/aromatic N) is 1. The van der Waals surface area contributed by atoms with Gasteiger partial charge in [-0.2, -0.15) is 0 Å². The molecule has 0 aliphatic carbocycles. The van der Waals surface area contributed by atoms with E-state index in [1.54, 1.807) is 13.0 Å². The van der Waals surface area contributed by atoms with Gasteiger partial charge in [0.2, 0.25) is 5.76 Å². The van der Waals surface area contributed by atoms with E-state index in [1.165, 1.54) is 4.90 Å². The average molecular weight is 431 g/mol. The first-order valence-electron chi connectivity index (χ1n) is 10.7. The highest BCUT2D eigenvalue weighted by Crippen LogP contribution is 2.28. The van der Waals surface area contributed by atoms with Crippen LogP contribution in [0.2, 0.25) is 0 Å². The molecule has 1 unspecified atom stereocenters. The molecule has 1 atom stereocenters. The van der Waals surface area contributed by atoms with E-state index >= 15 is 0 Å². The Bertz CT molecular complexity index is 933. The van der Waals surface area contributed by atoms with Crippen LogP contribution in [-0.4, -0.2) is 54.7 Å². The molecule has 3 rings (SSSR count). The van der Waals surface area contributed by atoms with Crippen LogP contribution in [0.1, 0.15) is 56.2 Å². The highest BCUT2D eigenvalue weighted by molar-refractivity contribution is 5.97. The molecule has 1 saturated heterocycles. The molecular weight excluding hydrogens is 402 g/mol. The van der Waals surface area contributed by atoms with Gasteiger partial charge < -0.3 is 23.5 Å². The zero-order valence-corrected chi connectivity index (χ0v) is 18.2. The Morgan fingerprint density at radius 3 is 2.68 bits per heavy atom. The van der Waals surface area contributed by atoms with Gasteiger partial charge in [0.15, 0.2) is 6.61 Å². The van der Waals surface area contributed by atoms with E-state index < -0.39 is 30.5 Å². The van der Waals surface area contributed by atoms with Gasteiger partial charge in [0.05, 0.1) is 19.3 Å². The van der Waals surface area contributed by atoms with Crippen molar-refractivity contribution < 1.29 is 33.0 Å². The summed E-state index contributed by atoms with van der Waals surface area (Å²) in [6.07, 6.45) is 2.14. The number of ether oxygens (including phenoxy) is 3. The zero-order chi connectivity index (χ0) is 22.4. The van der Waals surface area contributed by atoms with Crippen LogP contribution in [0.3, 0.4) is 0 Å². The number of piperidine rings is 1. The molecule has 8 nitrogen and oxygen atoms in total. The van der Waals surface area contributed by atoms with Crippen molar-refractivity contribution in [1.29, 1.82) is 0 Å². The van der Waals surface area contributed by atoms with E-state index in [4.69, 9.17) is 18.6 Å². The fourth-order valence-corrected chi connectivity index (χ4v) is 3.65. The summed E-state index contributed by atoms with van der Waals surface area (Å²) in [6.45, 7) is 5.91. The van der Waals surface area contributed by atoms with Crippen LogP contribution in [0.25, 0.3) is 11.0 Å². The molecule has 0 bridgehead atoms. The summed E-state index contributed by atoms with van der Waals surface area (Å²) in [5, 5.41) is 0.764. The van der Waals surface area contributed by atoms with Gasteiger partial charge >= 0.3 is 11.9 Å². The van der Waals surface area contributed by atoms with E-state index in [0.717, 1.165) is 18.2 Å². The number of rotatable bonds is 8. The van der Waals surface area contributed by atoms with Crippen LogP contribution in [-0.2, 0) is 30.4 Å². The Morgan fingerprint density at radius 2 is 1.94 bits per heavy atom. The second-order valence-corrected chi connectivity index (χ2v) is 7.69. The fourth-order valence-electron chi connectivity index (χ4n) is 3.65. The summed E-state index contributed by atoms with van der Waals surface area (Å²) in [4.78, 5) is 39.1. The number of benzene rings is 1. The summed E-state index contributed by atoms with van der Waals surface area (Å²) < 4.78 is 21.7. The van der Waals surface area contributed by atoms with E-state index in [9.17, 15) is 14.4 Å². The van der Waals surface area contributed by atoms with Gasteiger partial charge in [-0.25, -0.2) is 9.59 Å². The molecule has 1 aliphatic rings. The largest absolute Gasteiger partial charge is 0.464 e. The lowest BCUT2D eigenvalue weighted by atomic mass is 10.0. The third-order valence-corrected chi connectivity index (χ3v) is 5.15. The molecule has 1 aromatic heterocycles. The Kier molecular flexibility index (Phi) is 7.68. The molecule has 2 aromatic rings. The van der Waals surface area contributed by atoms with E-state index in [2.05, 4.69) is 0 Å². The molecule has 168 valence electrons. The van der Waals surface area contributed by atoms with Crippen molar-refractivity contribution in [1.82, 2.24) is 4.90 Å². The highest BCUT2D eigenvalue weighted by Gasteiger charge is 2.34. The molecule has 0 spiro atoms. The molecule has 8 heteroatoms. The van der Waals surface area contributed by atoms with Gasteiger partial charge in [0.1, 0.15) is 11.6 Å². The molecule has 1 aromatic carbocycles. The van der Waals surface area contributed by atoms with Crippen molar-refractivity contribution in [2.75, 3.05) is 19.8 Å². The predicted molar refractivity (Wildman–Crippen MR) is 112 cm³/mol. The number of carbonyl (C=O) groups excluding carboxylic acids is 3. The van der Waals surface area contributed by atoms with Gasteiger partial charge in [-0.05, 0) is 46.1 Å². The lowest BCUT2D eigenvalue weighted by Crippen LogP contribution is -2.50. The second-order valence-electron chi connectivity index (χ2n) is 7.69. The van der Waals surface area contributed by atoms with Crippen molar-refractivity contribution in [2.45, 2.75) is 58.8 Å². The minimum absolute atomic E-state index is 0.0234. The summed E-state index contributed by atoms with van der Waals surface area (Å²) in [5.41, 5.74) is 1.13. The second kappa shape index (κ2) is 10.4. The number of furan rings is 1. The summed E-state index contributed by atoms with van der Waals surface area (Å²) in [6, 6.07) is 6.62. The van der Waals surface area contributed by atoms with E-state index in [-0.39, 0.29) is 25.1 Å². The topological polar surface area (TPSA) is 95.3 Å². The normalized spacial score (nSPS) is 16.5. The lowest BCUT2D eigenvalue weighted by molar-refractivity contribution is -0.157. The summed E-state index contributed by atoms with van der Waals surface area (Å²) >= 11 is 0. The van der Waals surface area contributed by atoms with Gasteiger partial charge in [0, 0.05) is 17.5 Å². The molecule has 2 heterocycles. The third-order valence-electron chi connectivity index (χ3n) is 5.15. The minimum Gasteiger partial charge on any atom is -0.464 e. The first-order chi connectivity index (χ1) is 14.9. The minimum atomic E-state index is -0.739. The molecule has 1 fully saturated rings. The number of carbonyl (C=O) groups is 3. The number of amides is 1.